The van der Waals surface area contributed by atoms with Gasteiger partial charge in [-0.25, -0.2) is 13.4 Å². The largest absolute Gasteiger partial charge is 0.368 e. The molecule has 0 bridgehead atoms. The second-order valence-electron chi connectivity index (χ2n) is 7.55. The van der Waals surface area contributed by atoms with Crippen molar-refractivity contribution in [2.24, 2.45) is 0 Å². The van der Waals surface area contributed by atoms with E-state index in [-0.39, 0.29) is 17.5 Å². The van der Waals surface area contributed by atoms with Crippen LogP contribution < -0.4 is 4.90 Å². The molecule has 0 spiro atoms. The van der Waals surface area contributed by atoms with Crippen molar-refractivity contribution in [2.45, 2.75) is 30.8 Å². The van der Waals surface area contributed by atoms with Crippen LogP contribution in [0, 0.1) is 0 Å². The summed E-state index contributed by atoms with van der Waals surface area (Å²) in [6.07, 6.45) is 5.74. The van der Waals surface area contributed by atoms with Crippen LogP contribution in [0.25, 0.3) is 0 Å². The van der Waals surface area contributed by atoms with E-state index in [2.05, 4.69) is 22.0 Å². The number of sulfonamides is 1. The lowest BCUT2D eigenvalue weighted by Crippen LogP contribution is -2.49. The number of piperidine rings is 1. The number of carbonyl (C=O) groups excluding carboxylic acids is 1. The maximum Gasteiger partial charge on any atom is 0.262 e. The van der Waals surface area contributed by atoms with Crippen LogP contribution in [0.15, 0.2) is 47.9 Å². The van der Waals surface area contributed by atoms with Crippen LogP contribution in [0.3, 0.4) is 0 Å². The fourth-order valence-electron chi connectivity index (χ4n) is 3.91. The third kappa shape index (κ3) is 4.45. The molecule has 3 heterocycles. The van der Waals surface area contributed by atoms with Crippen LogP contribution >= 0.6 is 0 Å². The van der Waals surface area contributed by atoms with Gasteiger partial charge in [0.25, 0.3) is 10.0 Å². The predicted octanol–water partition coefficient (Wildman–Crippen LogP) is 1.41. The van der Waals surface area contributed by atoms with Crippen LogP contribution in [-0.2, 0) is 21.4 Å². The van der Waals surface area contributed by atoms with E-state index < -0.39 is 10.0 Å². The van der Waals surface area contributed by atoms with Gasteiger partial charge in [0.1, 0.15) is 6.54 Å². The smallest absolute Gasteiger partial charge is 0.262 e. The number of benzene rings is 1. The highest BCUT2D eigenvalue weighted by molar-refractivity contribution is 7.89. The molecule has 9 heteroatoms. The number of aromatic nitrogens is 2. The molecule has 0 saturated carbocycles. The quantitative estimate of drug-likeness (QED) is 0.735. The molecule has 0 atom stereocenters. The summed E-state index contributed by atoms with van der Waals surface area (Å²) in [6, 6.07) is 10.2. The molecule has 2 fully saturated rings. The lowest BCUT2D eigenvalue weighted by Gasteiger charge is -2.36. The molecule has 0 aliphatic carbocycles. The molecule has 4 rings (SSSR count). The minimum absolute atomic E-state index is 0.0166. The van der Waals surface area contributed by atoms with Gasteiger partial charge in [0.15, 0.2) is 5.03 Å². The normalized spacial score (nSPS) is 18.8. The number of amides is 1. The number of imidazole rings is 1. The molecule has 2 aliphatic rings. The monoisotopic (exact) mass is 417 g/mol. The highest BCUT2D eigenvalue weighted by Crippen LogP contribution is 2.19. The van der Waals surface area contributed by atoms with E-state index in [4.69, 9.17) is 0 Å². The van der Waals surface area contributed by atoms with Crippen molar-refractivity contribution in [2.75, 3.05) is 44.2 Å². The van der Waals surface area contributed by atoms with Crippen LogP contribution in [0.1, 0.15) is 19.3 Å². The van der Waals surface area contributed by atoms with Gasteiger partial charge < -0.3 is 14.4 Å². The van der Waals surface area contributed by atoms with E-state index in [1.807, 2.05) is 23.1 Å². The first-order chi connectivity index (χ1) is 14.0. The zero-order valence-corrected chi connectivity index (χ0v) is 17.3. The summed E-state index contributed by atoms with van der Waals surface area (Å²) >= 11 is 0. The number of hydrogen-bond acceptors (Lipinski definition) is 5. The van der Waals surface area contributed by atoms with E-state index in [0.717, 1.165) is 32.4 Å². The third-order valence-electron chi connectivity index (χ3n) is 5.60. The van der Waals surface area contributed by atoms with Crippen molar-refractivity contribution >= 4 is 21.6 Å². The second-order valence-corrected chi connectivity index (χ2v) is 9.44. The summed E-state index contributed by atoms with van der Waals surface area (Å²) in [4.78, 5) is 20.8. The zero-order valence-electron chi connectivity index (χ0n) is 16.5. The summed E-state index contributed by atoms with van der Waals surface area (Å²) in [5.74, 6) is -0.0166. The lowest BCUT2D eigenvalue weighted by molar-refractivity contribution is -0.132. The summed E-state index contributed by atoms with van der Waals surface area (Å²) < 4.78 is 28.5. The third-order valence-corrected chi connectivity index (χ3v) is 7.38. The van der Waals surface area contributed by atoms with Crippen molar-refractivity contribution < 1.29 is 13.2 Å². The predicted molar refractivity (Wildman–Crippen MR) is 110 cm³/mol. The second kappa shape index (κ2) is 8.54. The van der Waals surface area contributed by atoms with Crippen molar-refractivity contribution in [3.8, 4) is 0 Å². The Hall–Kier alpha value is -2.39. The molecule has 0 unspecified atom stereocenters. The van der Waals surface area contributed by atoms with E-state index in [1.165, 1.54) is 22.5 Å². The summed E-state index contributed by atoms with van der Waals surface area (Å²) in [5.41, 5.74) is 1.17. The highest BCUT2D eigenvalue weighted by Gasteiger charge is 2.28. The molecular formula is C20H27N5O3S. The van der Waals surface area contributed by atoms with Gasteiger partial charge in [-0.05, 0) is 25.0 Å². The van der Waals surface area contributed by atoms with Crippen molar-refractivity contribution in [3.05, 3.63) is 42.9 Å². The van der Waals surface area contributed by atoms with E-state index >= 15 is 0 Å². The molecule has 156 valence electrons. The van der Waals surface area contributed by atoms with E-state index in [9.17, 15) is 13.2 Å². The van der Waals surface area contributed by atoms with Gasteiger partial charge in [0, 0.05) is 51.2 Å². The van der Waals surface area contributed by atoms with Gasteiger partial charge in [-0.15, -0.1) is 0 Å². The zero-order chi connectivity index (χ0) is 20.3. The number of hydrogen-bond donors (Lipinski definition) is 0. The Labute approximate surface area is 171 Å². The van der Waals surface area contributed by atoms with Crippen LogP contribution in [0.5, 0.6) is 0 Å². The maximum absolute atomic E-state index is 12.7. The fourth-order valence-corrected chi connectivity index (χ4v) is 5.36. The van der Waals surface area contributed by atoms with Gasteiger partial charge >= 0.3 is 0 Å². The van der Waals surface area contributed by atoms with Crippen molar-refractivity contribution in [1.29, 1.82) is 0 Å². The van der Waals surface area contributed by atoms with E-state index in [0.29, 0.717) is 26.2 Å². The average Bonchev–Trinajstić information content (AvgIpc) is 3.24. The molecule has 29 heavy (non-hydrogen) atoms. The topological polar surface area (TPSA) is 78.7 Å². The molecular weight excluding hydrogens is 390 g/mol. The summed E-state index contributed by atoms with van der Waals surface area (Å²) in [6.45, 7) is 4.07. The first-order valence-electron chi connectivity index (χ1n) is 10.1. The molecule has 1 aromatic carbocycles. The molecule has 0 N–H and O–H groups in total. The Bertz CT molecular complexity index is 930. The molecule has 2 aromatic rings. The first-order valence-corrected chi connectivity index (χ1v) is 11.6. The SMILES string of the molecule is O=C(Cn1cnc(S(=O)(=O)N2CCCCC2)c1)N1CCN(c2ccccc2)CC1. The fraction of sp³-hybridized carbons (Fsp3) is 0.500. The maximum atomic E-state index is 12.7. The van der Waals surface area contributed by atoms with Crippen molar-refractivity contribution in [1.82, 2.24) is 18.8 Å². The van der Waals surface area contributed by atoms with Crippen LogP contribution in [0.4, 0.5) is 5.69 Å². The number of nitrogens with zero attached hydrogens (tertiary/aromatic N) is 5. The minimum atomic E-state index is -3.57. The Kier molecular flexibility index (Phi) is 5.86. The first kappa shape index (κ1) is 19.9. The van der Waals surface area contributed by atoms with Gasteiger partial charge in [-0.2, -0.15) is 4.31 Å². The Morgan fingerprint density at radius 3 is 2.31 bits per heavy atom. The molecule has 0 radical (unpaired) electrons. The molecule has 1 amide bonds. The van der Waals surface area contributed by atoms with Crippen LogP contribution in [-0.4, -0.2) is 72.3 Å². The number of piperazine rings is 1. The number of rotatable bonds is 5. The Morgan fingerprint density at radius 1 is 0.931 bits per heavy atom. The standard InChI is InChI=1S/C20H27N5O3S/c26-20(24-13-11-23(12-14-24)18-7-3-1-4-8-18)16-22-15-19(21-17-22)29(27,28)25-9-5-2-6-10-25/h1,3-4,7-8,15,17H,2,5-6,9-14,16H2. The Balaban J connectivity index is 1.34. The Morgan fingerprint density at radius 2 is 1.62 bits per heavy atom. The highest BCUT2D eigenvalue weighted by atomic mass is 32.2. The van der Waals surface area contributed by atoms with Gasteiger partial charge in [-0.1, -0.05) is 24.6 Å². The molecule has 2 aliphatic heterocycles. The van der Waals surface area contributed by atoms with Gasteiger partial charge in [0.2, 0.25) is 5.91 Å². The molecule has 1 aromatic heterocycles. The van der Waals surface area contributed by atoms with Crippen LogP contribution in [0.2, 0.25) is 0 Å². The minimum Gasteiger partial charge on any atom is -0.368 e. The summed E-state index contributed by atoms with van der Waals surface area (Å²) in [7, 11) is -3.57. The molecule has 2 saturated heterocycles. The summed E-state index contributed by atoms with van der Waals surface area (Å²) in [5, 5.41) is 0.0288. The van der Waals surface area contributed by atoms with Gasteiger partial charge in [0.05, 0.1) is 6.33 Å². The number of anilines is 1. The lowest BCUT2D eigenvalue weighted by atomic mass is 10.2. The number of para-hydroxylation sites is 1. The van der Waals surface area contributed by atoms with Crippen molar-refractivity contribution in [3.63, 3.8) is 0 Å². The number of carbonyl (C=O) groups is 1. The average molecular weight is 418 g/mol. The van der Waals surface area contributed by atoms with Gasteiger partial charge in [-0.3, -0.25) is 4.79 Å². The molecule has 8 nitrogen and oxygen atoms in total. The van der Waals surface area contributed by atoms with E-state index in [1.54, 1.807) is 4.57 Å².